The minimum atomic E-state index is 0.481. The van der Waals surface area contributed by atoms with Crippen LogP contribution in [-0.4, -0.2) is 5.84 Å². The maximum atomic E-state index is 5.50. The third-order valence-corrected chi connectivity index (χ3v) is 1.92. The van der Waals surface area contributed by atoms with Crippen LogP contribution in [0.3, 0.4) is 0 Å². The lowest BCUT2D eigenvalue weighted by Gasteiger charge is -2.04. The van der Waals surface area contributed by atoms with Crippen molar-refractivity contribution >= 4 is 5.84 Å². The summed E-state index contributed by atoms with van der Waals surface area (Å²) in [5.74, 6) is 6.13. The van der Waals surface area contributed by atoms with E-state index < -0.39 is 0 Å². The average Bonchev–Trinajstić information content (AvgIpc) is 2.37. The van der Waals surface area contributed by atoms with Crippen molar-refractivity contribution in [3.8, 4) is 0 Å². The fourth-order valence-electron chi connectivity index (χ4n) is 1.33. The highest BCUT2D eigenvalue weighted by molar-refractivity contribution is 5.82. The third kappa shape index (κ3) is 1.34. The van der Waals surface area contributed by atoms with Crippen molar-refractivity contribution in [1.29, 1.82) is 0 Å². The van der Waals surface area contributed by atoms with Crippen LogP contribution in [0, 0.1) is 5.92 Å². The van der Waals surface area contributed by atoms with Gasteiger partial charge in [-0.2, -0.15) is 5.10 Å². The van der Waals surface area contributed by atoms with Crippen LogP contribution >= 0.6 is 0 Å². The first-order valence-electron chi connectivity index (χ1n) is 3.38. The molecular formula is C6H13N3. The standard InChI is InChI=1S/C6H13N3/c7-6(9-8)5-3-1-2-4-5/h5H,1-4,8H2,(H2,7,9). The summed E-state index contributed by atoms with van der Waals surface area (Å²) in [4.78, 5) is 0. The molecule has 0 radical (unpaired) electrons. The summed E-state index contributed by atoms with van der Waals surface area (Å²) in [5.41, 5.74) is 5.50. The first-order valence-corrected chi connectivity index (χ1v) is 3.38. The summed E-state index contributed by atoms with van der Waals surface area (Å²) in [5, 5.41) is 3.46. The van der Waals surface area contributed by atoms with E-state index in [1.165, 1.54) is 25.7 Å². The molecule has 9 heavy (non-hydrogen) atoms. The Morgan fingerprint density at radius 3 is 2.33 bits per heavy atom. The minimum Gasteiger partial charge on any atom is -0.386 e. The fraction of sp³-hybridized carbons (Fsp3) is 0.833. The van der Waals surface area contributed by atoms with Crippen LogP contribution in [0.5, 0.6) is 0 Å². The van der Waals surface area contributed by atoms with Gasteiger partial charge in [-0.15, -0.1) is 0 Å². The van der Waals surface area contributed by atoms with E-state index in [4.69, 9.17) is 11.6 Å². The molecule has 3 heteroatoms. The van der Waals surface area contributed by atoms with E-state index in [9.17, 15) is 0 Å². The normalized spacial score (nSPS) is 22.9. The van der Waals surface area contributed by atoms with E-state index in [1.807, 2.05) is 0 Å². The third-order valence-electron chi connectivity index (χ3n) is 1.92. The Hall–Kier alpha value is -0.730. The monoisotopic (exact) mass is 127 g/mol. The van der Waals surface area contributed by atoms with Crippen molar-refractivity contribution in [3.63, 3.8) is 0 Å². The average molecular weight is 127 g/mol. The molecule has 52 valence electrons. The van der Waals surface area contributed by atoms with Crippen LogP contribution in [0.1, 0.15) is 25.7 Å². The van der Waals surface area contributed by atoms with Crippen molar-refractivity contribution in [2.45, 2.75) is 25.7 Å². The Labute approximate surface area is 55.1 Å². The lowest BCUT2D eigenvalue weighted by Crippen LogP contribution is -2.22. The topological polar surface area (TPSA) is 64.4 Å². The number of hydrogen-bond acceptors (Lipinski definition) is 2. The molecule has 0 unspecified atom stereocenters. The van der Waals surface area contributed by atoms with E-state index in [0.29, 0.717) is 11.8 Å². The van der Waals surface area contributed by atoms with Gasteiger partial charge in [-0.1, -0.05) is 12.8 Å². The second-order valence-corrected chi connectivity index (χ2v) is 2.54. The Bertz CT molecular complexity index is 113. The zero-order valence-corrected chi connectivity index (χ0v) is 5.51. The van der Waals surface area contributed by atoms with Crippen LogP contribution in [0.2, 0.25) is 0 Å². The maximum Gasteiger partial charge on any atom is 0.122 e. The summed E-state index contributed by atoms with van der Waals surface area (Å²) in [6.07, 6.45) is 4.90. The number of rotatable bonds is 1. The Balaban J connectivity index is 2.42. The van der Waals surface area contributed by atoms with Gasteiger partial charge in [0.1, 0.15) is 5.84 Å². The molecule has 0 aromatic rings. The number of amidine groups is 1. The quantitative estimate of drug-likeness (QED) is 0.232. The highest BCUT2D eigenvalue weighted by atomic mass is 15.2. The van der Waals surface area contributed by atoms with Gasteiger partial charge in [0.15, 0.2) is 0 Å². The highest BCUT2D eigenvalue weighted by Crippen LogP contribution is 2.24. The van der Waals surface area contributed by atoms with Gasteiger partial charge < -0.3 is 11.6 Å². The van der Waals surface area contributed by atoms with E-state index in [1.54, 1.807) is 0 Å². The molecule has 1 rings (SSSR count). The van der Waals surface area contributed by atoms with Crippen LogP contribution in [0.4, 0.5) is 0 Å². The largest absolute Gasteiger partial charge is 0.386 e. The van der Waals surface area contributed by atoms with Crippen molar-refractivity contribution in [2.75, 3.05) is 0 Å². The van der Waals surface area contributed by atoms with Gasteiger partial charge in [0.25, 0.3) is 0 Å². The fourth-order valence-corrected chi connectivity index (χ4v) is 1.33. The van der Waals surface area contributed by atoms with Crippen molar-refractivity contribution in [3.05, 3.63) is 0 Å². The zero-order chi connectivity index (χ0) is 6.69. The minimum absolute atomic E-state index is 0.481. The number of nitrogens with zero attached hydrogens (tertiary/aromatic N) is 1. The van der Waals surface area contributed by atoms with E-state index in [-0.39, 0.29) is 0 Å². The van der Waals surface area contributed by atoms with Gasteiger partial charge in [0.05, 0.1) is 0 Å². The Morgan fingerprint density at radius 2 is 1.89 bits per heavy atom. The number of hydrazone groups is 1. The summed E-state index contributed by atoms with van der Waals surface area (Å²) in [6, 6.07) is 0. The molecule has 0 saturated heterocycles. The molecular weight excluding hydrogens is 114 g/mol. The second-order valence-electron chi connectivity index (χ2n) is 2.54. The van der Waals surface area contributed by atoms with E-state index >= 15 is 0 Å². The first-order chi connectivity index (χ1) is 4.34. The van der Waals surface area contributed by atoms with Crippen LogP contribution in [0.25, 0.3) is 0 Å². The number of hydrogen-bond donors (Lipinski definition) is 2. The lowest BCUT2D eigenvalue weighted by molar-refractivity contribution is 0.718. The van der Waals surface area contributed by atoms with Crippen molar-refractivity contribution < 1.29 is 0 Å². The lowest BCUT2D eigenvalue weighted by atomic mass is 10.1. The maximum absolute atomic E-state index is 5.50. The molecule has 0 aromatic carbocycles. The van der Waals surface area contributed by atoms with Crippen molar-refractivity contribution in [2.24, 2.45) is 22.6 Å². The number of nitrogens with two attached hydrogens (primary N) is 2. The predicted molar refractivity (Wildman–Crippen MR) is 37.8 cm³/mol. The first kappa shape index (κ1) is 6.39. The molecule has 0 spiro atoms. The molecule has 0 aromatic heterocycles. The molecule has 0 amide bonds. The van der Waals surface area contributed by atoms with Gasteiger partial charge in [0.2, 0.25) is 0 Å². The van der Waals surface area contributed by atoms with E-state index in [0.717, 1.165) is 0 Å². The second kappa shape index (κ2) is 2.71. The molecule has 1 fully saturated rings. The van der Waals surface area contributed by atoms with Crippen molar-refractivity contribution in [1.82, 2.24) is 0 Å². The van der Waals surface area contributed by atoms with Gasteiger partial charge in [-0.3, -0.25) is 0 Å². The Morgan fingerprint density at radius 1 is 1.33 bits per heavy atom. The Kier molecular flexibility index (Phi) is 1.92. The summed E-state index contributed by atoms with van der Waals surface area (Å²) < 4.78 is 0. The van der Waals surface area contributed by atoms with Crippen LogP contribution < -0.4 is 11.6 Å². The molecule has 0 aliphatic heterocycles. The van der Waals surface area contributed by atoms with E-state index in [2.05, 4.69) is 5.10 Å². The summed E-state index contributed by atoms with van der Waals surface area (Å²) in [7, 11) is 0. The smallest absolute Gasteiger partial charge is 0.122 e. The van der Waals surface area contributed by atoms with Gasteiger partial charge in [0, 0.05) is 5.92 Å². The molecule has 0 atom stereocenters. The van der Waals surface area contributed by atoms with Gasteiger partial charge in [-0.25, -0.2) is 0 Å². The molecule has 0 heterocycles. The zero-order valence-electron chi connectivity index (χ0n) is 5.51. The SMILES string of the molecule is N/N=C(/N)C1CCCC1. The molecule has 1 saturated carbocycles. The van der Waals surface area contributed by atoms with Crippen LogP contribution in [-0.2, 0) is 0 Å². The predicted octanol–water partition coefficient (Wildman–Crippen LogP) is 0.407. The molecule has 0 bridgehead atoms. The molecule has 3 nitrogen and oxygen atoms in total. The summed E-state index contributed by atoms with van der Waals surface area (Å²) in [6.45, 7) is 0. The molecule has 4 N–H and O–H groups in total. The summed E-state index contributed by atoms with van der Waals surface area (Å²) >= 11 is 0. The molecule has 1 aliphatic carbocycles. The molecule has 1 aliphatic rings. The van der Waals surface area contributed by atoms with Crippen LogP contribution in [0.15, 0.2) is 5.10 Å². The highest BCUT2D eigenvalue weighted by Gasteiger charge is 2.17. The van der Waals surface area contributed by atoms with Gasteiger partial charge >= 0.3 is 0 Å². The van der Waals surface area contributed by atoms with Gasteiger partial charge in [-0.05, 0) is 12.8 Å².